The summed E-state index contributed by atoms with van der Waals surface area (Å²) < 4.78 is 6.74. The fourth-order valence-electron chi connectivity index (χ4n) is 3.36. The van der Waals surface area contributed by atoms with Gasteiger partial charge in [-0.1, -0.05) is 29.8 Å². The van der Waals surface area contributed by atoms with Crippen LogP contribution in [-0.4, -0.2) is 33.5 Å². The number of imide groups is 1. The van der Waals surface area contributed by atoms with Crippen molar-refractivity contribution in [1.82, 2.24) is 14.6 Å². The SMILES string of the molecule is COc1ccc2nc(-c3ccc(Cl)c(N4C(=O)c5ccccc5C4=O)c3)cn2n1. The summed E-state index contributed by atoms with van der Waals surface area (Å²) in [6, 6.07) is 15.3. The molecule has 7 nitrogen and oxygen atoms in total. The number of anilines is 1. The van der Waals surface area contributed by atoms with E-state index in [1.165, 1.54) is 0 Å². The standard InChI is InChI=1S/C21H13ClN4O3/c1-29-19-9-8-18-23-16(11-25(18)24-19)12-6-7-15(22)17(10-12)26-20(27)13-4-2-3-5-14(13)21(26)28/h2-11H,1H3. The Morgan fingerprint density at radius 2 is 1.69 bits per heavy atom. The van der Waals surface area contributed by atoms with Gasteiger partial charge in [-0.2, -0.15) is 0 Å². The third-order valence-electron chi connectivity index (χ3n) is 4.78. The highest BCUT2D eigenvalue weighted by atomic mass is 35.5. The Hall–Kier alpha value is -3.71. The van der Waals surface area contributed by atoms with Crippen LogP contribution in [0.4, 0.5) is 5.69 Å². The van der Waals surface area contributed by atoms with E-state index in [2.05, 4.69) is 10.1 Å². The molecule has 3 heterocycles. The average molecular weight is 405 g/mol. The van der Waals surface area contributed by atoms with Crippen molar-refractivity contribution in [2.24, 2.45) is 0 Å². The number of hydrogen-bond donors (Lipinski definition) is 0. The fourth-order valence-corrected chi connectivity index (χ4v) is 3.57. The second-order valence-corrected chi connectivity index (χ2v) is 6.87. The van der Waals surface area contributed by atoms with Crippen molar-refractivity contribution in [2.45, 2.75) is 0 Å². The van der Waals surface area contributed by atoms with Gasteiger partial charge in [0, 0.05) is 11.6 Å². The van der Waals surface area contributed by atoms with E-state index < -0.39 is 11.8 Å². The molecule has 0 radical (unpaired) electrons. The summed E-state index contributed by atoms with van der Waals surface area (Å²) in [4.78, 5) is 31.3. The molecule has 0 N–H and O–H groups in total. The number of methoxy groups -OCH3 is 1. The van der Waals surface area contributed by atoms with Crippen LogP contribution in [-0.2, 0) is 0 Å². The smallest absolute Gasteiger partial charge is 0.266 e. The Morgan fingerprint density at radius 1 is 0.966 bits per heavy atom. The Kier molecular flexibility index (Phi) is 3.85. The average Bonchev–Trinajstić information content (AvgIpc) is 3.28. The lowest BCUT2D eigenvalue weighted by atomic mass is 10.1. The molecular weight excluding hydrogens is 392 g/mol. The number of carbonyl (C=O) groups is 2. The molecule has 0 atom stereocenters. The number of rotatable bonds is 3. The molecule has 5 rings (SSSR count). The van der Waals surface area contributed by atoms with E-state index in [-0.39, 0.29) is 0 Å². The minimum atomic E-state index is -0.397. The van der Waals surface area contributed by atoms with E-state index in [0.29, 0.717) is 44.6 Å². The molecule has 8 heteroatoms. The minimum absolute atomic E-state index is 0.298. The van der Waals surface area contributed by atoms with Crippen molar-refractivity contribution in [1.29, 1.82) is 0 Å². The number of halogens is 1. The van der Waals surface area contributed by atoms with E-state index in [4.69, 9.17) is 16.3 Å². The molecule has 0 fully saturated rings. The number of aromatic nitrogens is 3. The van der Waals surface area contributed by atoms with Gasteiger partial charge in [0.2, 0.25) is 5.88 Å². The summed E-state index contributed by atoms with van der Waals surface area (Å²) in [6.07, 6.45) is 1.74. The zero-order valence-electron chi connectivity index (χ0n) is 15.2. The van der Waals surface area contributed by atoms with Gasteiger partial charge >= 0.3 is 0 Å². The molecule has 2 aromatic heterocycles. The van der Waals surface area contributed by atoms with Gasteiger partial charge in [-0.15, -0.1) is 5.10 Å². The summed E-state index contributed by atoms with van der Waals surface area (Å²) in [6.45, 7) is 0. The first-order valence-electron chi connectivity index (χ1n) is 8.75. The molecule has 142 valence electrons. The van der Waals surface area contributed by atoms with Gasteiger partial charge in [-0.25, -0.2) is 14.4 Å². The molecule has 0 unspecified atom stereocenters. The largest absolute Gasteiger partial charge is 0.480 e. The van der Waals surface area contributed by atoms with Crippen molar-refractivity contribution >= 4 is 34.7 Å². The predicted octanol–water partition coefficient (Wildman–Crippen LogP) is 3.86. The van der Waals surface area contributed by atoms with E-state index in [0.717, 1.165) is 4.90 Å². The second-order valence-electron chi connectivity index (χ2n) is 6.46. The summed E-state index contributed by atoms with van der Waals surface area (Å²) in [5.41, 5.74) is 3.01. The van der Waals surface area contributed by atoms with Gasteiger partial charge in [0.05, 0.1) is 40.8 Å². The number of nitrogens with zero attached hydrogens (tertiary/aromatic N) is 4. The van der Waals surface area contributed by atoms with E-state index in [1.54, 1.807) is 72.4 Å². The molecule has 1 aliphatic rings. The van der Waals surface area contributed by atoms with E-state index >= 15 is 0 Å². The lowest BCUT2D eigenvalue weighted by molar-refractivity contribution is 0.0926. The van der Waals surface area contributed by atoms with Crippen LogP contribution in [0.1, 0.15) is 20.7 Å². The van der Waals surface area contributed by atoms with Gasteiger partial charge in [-0.05, 0) is 30.3 Å². The third-order valence-corrected chi connectivity index (χ3v) is 5.10. The van der Waals surface area contributed by atoms with Crippen LogP contribution in [0.25, 0.3) is 16.9 Å². The molecule has 1 aliphatic heterocycles. The van der Waals surface area contributed by atoms with Crippen molar-refractivity contribution in [2.75, 3.05) is 12.0 Å². The van der Waals surface area contributed by atoms with Crippen LogP contribution < -0.4 is 9.64 Å². The highest BCUT2D eigenvalue weighted by Crippen LogP contribution is 2.36. The van der Waals surface area contributed by atoms with Gasteiger partial charge in [-0.3, -0.25) is 9.59 Å². The summed E-state index contributed by atoms with van der Waals surface area (Å²) in [7, 11) is 1.54. The molecule has 0 saturated heterocycles. The first-order chi connectivity index (χ1) is 14.1. The Bertz CT molecular complexity index is 1280. The highest BCUT2D eigenvalue weighted by molar-refractivity contribution is 6.39. The Labute approximate surface area is 170 Å². The topological polar surface area (TPSA) is 76.8 Å². The predicted molar refractivity (Wildman–Crippen MR) is 108 cm³/mol. The van der Waals surface area contributed by atoms with Gasteiger partial charge in [0.15, 0.2) is 5.65 Å². The Morgan fingerprint density at radius 3 is 2.38 bits per heavy atom. The lowest BCUT2D eigenvalue weighted by Crippen LogP contribution is -2.29. The third kappa shape index (κ3) is 2.67. The number of fused-ring (bicyclic) bond motifs is 2. The molecule has 0 spiro atoms. The van der Waals surface area contributed by atoms with Crippen molar-refractivity contribution < 1.29 is 14.3 Å². The van der Waals surface area contributed by atoms with Crippen LogP contribution in [0, 0.1) is 0 Å². The summed E-state index contributed by atoms with van der Waals surface area (Å²) in [5.74, 6) is -0.332. The fraction of sp³-hybridized carbons (Fsp3) is 0.0476. The number of benzene rings is 2. The first-order valence-corrected chi connectivity index (χ1v) is 9.13. The number of amides is 2. The molecule has 29 heavy (non-hydrogen) atoms. The van der Waals surface area contributed by atoms with Crippen molar-refractivity contribution in [3.8, 4) is 17.1 Å². The first kappa shape index (κ1) is 17.4. The lowest BCUT2D eigenvalue weighted by Gasteiger charge is -2.16. The maximum Gasteiger partial charge on any atom is 0.266 e. The second kappa shape index (κ2) is 6.42. The summed E-state index contributed by atoms with van der Waals surface area (Å²) in [5, 5.41) is 4.59. The maximum atomic E-state index is 12.8. The van der Waals surface area contributed by atoms with Crippen LogP contribution >= 0.6 is 11.6 Å². The molecule has 0 saturated carbocycles. The number of carbonyl (C=O) groups excluding carboxylic acids is 2. The molecular formula is C21H13ClN4O3. The van der Waals surface area contributed by atoms with Crippen molar-refractivity contribution in [3.63, 3.8) is 0 Å². The van der Waals surface area contributed by atoms with Crippen LogP contribution in [0.2, 0.25) is 5.02 Å². The molecule has 4 aromatic rings. The van der Waals surface area contributed by atoms with Gasteiger partial charge < -0.3 is 4.74 Å². The molecule has 0 aliphatic carbocycles. The van der Waals surface area contributed by atoms with Crippen LogP contribution in [0.5, 0.6) is 5.88 Å². The quantitative estimate of drug-likeness (QED) is 0.484. The zero-order chi connectivity index (χ0) is 20.1. The summed E-state index contributed by atoms with van der Waals surface area (Å²) >= 11 is 6.35. The van der Waals surface area contributed by atoms with E-state index in [1.807, 2.05) is 0 Å². The molecule has 2 amide bonds. The van der Waals surface area contributed by atoms with E-state index in [9.17, 15) is 9.59 Å². The maximum absolute atomic E-state index is 12.8. The monoisotopic (exact) mass is 404 g/mol. The Balaban J connectivity index is 1.60. The number of ether oxygens (including phenoxy) is 1. The van der Waals surface area contributed by atoms with Crippen molar-refractivity contribution in [3.05, 3.63) is 76.9 Å². The number of hydrogen-bond acceptors (Lipinski definition) is 5. The van der Waals surface area contributed by atoms with Gasteiger partial charge in [0.25, 0.3) is 11.8 Å². The zero-order valence-corrected chi connectivity index (χ0v) is 15.9. The van der Waals surface area contributed by atoms with Crippen LogP contribution in [0.15, 0.2) is 60.8 Å². The highest BCUT2D eigenvalue weighted by Gasteiger charge is 2.37. The number of imidazole rings is 1. The molecule has 2 aromatic carbocycles. The molecule has 0 bridgehead atoms. The minimum Gasteiger partial charge on any atom is -0.480 e. The normalized spacial score (nSPS) is 13.2. The van der Waals surface area contributed by atoms with Gasteiger partial charge in [0.1, 0.15) is 0 Å². The van der Waals surface area contributed by atoms with Crippen LogP contribution in [0.3, 0.4) is 0 Å².